The van der Waals surface area contributed by atoms with Crippen LogP contribution in [0.15, 0.2) is 70.1 Å². The molecule has 2 aromatic carbocycles. The Morgan fingerprint density at radius 1 is 1.00 bits per heavy atom. The van der Waals surface area contributed by atoms with Crippen LogP contribution in [0.1, 0.15) is 41.9 Å². The number of carbonyl (C=O) groups excluding carboxylic acids is 1. The fourth-order valence-electron chi connectivity index (χ4n) is 3.80. The van der Waals surface area contributed by atoms with Gasteiger partial charge in [0.2, 0.25) is 0 Å². The zero-order chi connectivity index (χ0) is 25.9. The van der Waals surface area contributed by atoms with Crippen molar-refractivity contribution in [2.75, 3.05) is 36.3 Å². The molecule has 0 unspecified atom stereocenters. The monoisotopic (exact) mass is 528 g/mol. The summed E-state index contributed by atoms with van der Waals surface area (Å²) in [6, 6.07) is 19.7. The van der Waals surface area contributed by atoms with Crippen molar-refractivity contribution in [2.45, 2.75) is 32.7 Å². The van der Waals surface area contributed by atoms with Crippen molar-refractivity contribution in [1.82, 2.24) is 5.32 Å². The molecule has 3 N–H and O–H groups in total. The average molecular weight is 530 g/mol. The van der Waals surface area contributed by atoms with Crippen molar-refractivity contribution in [2.24, 2.45) is 10.7 Å². The van der Waals surface area contributed by atoms with E-state index < -0.39 is 0 Å². The summed E-state index contributed by atoms with van der Waals surface area (Å²) in [5.41, 5.74) is 10.1. The van der Waals surface area contributed by atoms with Gasteiger partial charge < -0.3 is 20.4 Å². The van der Waals surface area contributed by atoms with E-state index in [1.165, 1.54) is 5.56 Å². The molecule has 36 heavy (non-hydrogen) atoms. The van der Waals surface area contributed by atoms with Crippen LogP contribution in [-0.4, -0.2) is 49.2 Å². The lowest BCUT2D eigenvalue weighted by Gasteiger charge is -2.23. The molecular weight excluding hydrogens is 495 g/mol. The van der Waals surface area contributed by atoms with Gasteiger partial charge in [0.1, 0.15) is 11.6 Å². The number of furan rings is 1. The van der Waals surface area contributed by atoms with Crippen molar-refractivity contribution < 1.29 is 9.21 Å². The first kappa shape index (κ1) is 27.6. The fourth-order valence-corrected chi connectivity index (χ4v) is 4.21. The van der Waals surface area contributed by atoms with Gasteiger partial charge in [-0.15, -0.1) is 23.2 Å². The van der Waals surface area contributed by atoms with E-state index in [9.17, 15) is 4.79 Å². The molecule has 3 rings (SSSR count). The van der Waals surface area contributed by atoms with Gasteiger partial charge in [0, 0.05) is 54.3 Å². The lowest BCUT2D eigenvalue weighted by atomic mass is 10.1. The number of anilines is 1. The number of aliphatic imine (C=N–C) groups is 1. The maximum Gasteiger partial charge on any atom is 0.287 e. The highest BCUT2D eigenvalue weighted by molar-refractivity contribution is 6.18. The number of nitrogens with two attached hydrogens (primary N) is 1. The number of amidine groups is 1. The minimum Gasteiger partial charge on any atom is -0.451 e. The molecule has 0 fully saturated rings. The Labute approximate surface area is 223 Å². The van der Waals surface area contributed by atoms with Crippen molar-refractivity contribution >= 4 is 40.6 Å². The molecule has 0 bridgehead atoms. The minimum atomic E-state index is -0.223. The fraction of sp³-hybridized carbons (Fsp3) is 0.357. The molecule has 0 radical (unpaired) electrons. The number of amides is 1. The third kappa shape index (κ3) is 8.04. The molecule has 0 spiro atoms. The number of carbonyl (C=O) groups is 1. The van der Waals surface area contributed by atoms with E-state index in [1.807, 2.05) is 38.1 Å². The Morgan fingerprint density at radius 2 is 1.67 bits per heavy atom. The Bertz CT molecular complexity index is 1120. The second kappa shape index (κ2) is 14.0. The van der Waals surface area contributed by atoms with Crippen LogP contribution < -0.4 is 16.0 Å². The average Bonchev–Trinajstić information content (AvgIpc) is 3.37. The zero-order valence-electron chi connectivity index (χ0n) is 20.8. The van der Waals surface area contributed by atoms with Crippen molar-refractivity contribution in [3.63, 3.8) is 0 Å². The van der Waals surface area contributed by atoms with Crippen LogP contribution in [0.5, 0.6) is 0 Å². The first-order valence-electron chi connectivity index (χ1n) is 12.2. The molecule has 192 valence electrons. The van der Waals surface area contributed by atoms with Crippen LogP contribution in [0.4, 0.5) is 5.69 Å². The SMILES string of the molecule is CC(C)N=C(N)c1ccc(-c2ccc(C(=O)NCCCc3ccc(N(CCCl)CCCl)cc3)o2)cc1. The Kier molecular flexibility index (Phi) is 10.7. The van der Waals surface area contributed by atoms with Gasteiger partial charge in [-0.1, -0.05) is 36.4 Å². The highest BCUT2D eigenvalue weighted by atomic mass is 35.5. The van der Waals surface area contributed by atoms with Gasteiger partial charge in [-0.25, -0.2) is 0 Å². The Hall–Kier alpha value is -2.96. The molecule has 0 aliphatic carbocycles. The molecule has 1 amide bonds. The molecule has 1 aromatic heterocycles. The van der Waals surface area contributed by atoms with Gasteiger partial charge in [0.25, 0.3) is 5.91 Å². The number of alkyl halides is 2. The summed E-state index contributed by atoms with van der Waals surface area (Å²) in [5, 5.41) is 2.94. The second-order valence-corrected chi connectivity index (χ2v) is 9.50. The summed E-state index contributed by atoms with van der Waals surface area (Å²) >= 11 is 11.8. The van der Waals surface area contributed by atoms with Crippen LogP contribution in [0, 0.1) is 0 Å². The summed E-state index contributed by atoms with van der Waals surface area (Å²) < 4.78 is 5.79. The topological polar surface area (TPSA) is 83.9 Å². The minimum absolute atomic E-state index is 0.134. The third-order valence-corrected chi connectivity index (χ3v) is 5.97. The maximum absolute atomic E-state index is 12.5. The van der Waals surface area contributed by atoms with E-state index in [2.05, 4.69) is 39.5 Å². The predicted molar refractivity (Wildman–Crippen MR) is 151 cm³/mol. The number of hydrogen-bond acceptors (Lipinski definition) is 4. The molecule has 0 atom stereocenters. The van der Waals surface area contributed by atoms with E-state index in [4.69, 9.17) is 33.4 Å². The number of nitrogens with one attached hydrogen (secondary N) is 1. The van der Waals surface area contributed by atoms with Crippen LogP contribution >= 0.6 is 23.2 Å². The van der Waals surface area contributed by atoms with Crippen molar-refractivity contribution in [1.29, 1.82) is 0 Å². The van der Waals surface area contributed by atoms with Crippen molar-refractivity contribution in [3.8, 4) is 11.3 Å². The standard InChI is InChI=1S/C28H34Cl2N4O2/c1-20(2)33-27(31)23-9-7-22(8-10-23)25-13-14-26(36-25)28(35)32-17-3-4-21-5-11-24(12-6-21)34(18-15-29)19-16-30/h5-14,20H,3-4,15-19H2,1-2H3,(H2,31,33)(H,32,35). The number of benzene rings is 2. The summed E-state index contributed by atoms with van der Waals surface area (Å²) in [7, 11) is 0. The number of hydrogen-bond donors (Lipinski definition) is 2. The summed E-state index contributed by atoms with van der Waals surface area (Å²) in [4.78, 5) is 19.1. The molecule has 6 nitrogen and oxygen atoms in total. The molecule has 1 heterocycles. The second-order valence-electron chi connectivity index (χ2n) is 8.74. The maximum atomic E-state index is 12.5. The Balaban J connectivity index is 1.48. The number of rotatable bonds is 13. The van der Waals surface area contributed by atoms with E-state index >= 15 is 0 Å². The molecule has 3 aromatic rings. The van der Waals surface area contributed by atoms with E-state index in [1.54, 1.807) is 12.1 Å². The predicted octanol–water partition coefficient (Wildman–Crippen LogP) is 5.71. The normalized spacial score (nSPS) is 11.6. The van der Waals surface area contributed by atoms with E-state index in [0.29, 0.717) is 29.9 Å². The lowest BCUT2D eigenvalue weighted by molar-refractivity contribution is 0.0926. The van der Waals surface area contributed by atoms with Gasteiger partial charge >= 0.3 is 0 Å². The van der Waals surface area contributed by atoms with E-state index in [0.717, 1.165) is 42.7 Å². The first-order chi connectivity index (χ1) is 17.4. The largest absolute Gasteiger partial charge is 0.451 e. The first-order valence-corrected chi connectivity index (χ1v) is 13.3. The van der Waals surface area contributed by atoms with Crippen LogP contribution in [-0.2, 0) is 6.42 Å². The van der Waals surface area contributed by atoms with Gasteiger partial charge in [0.05, 0.1) is 0 Å². The quantitative estimate of drug-likeness (QED) is 0.129. The number of halogens is 2. The third-order valence-electron chi connectivity index (χ3n) is 5.63. The summed E-state index contributed by atoms with van der Waals surface area (Å²) in [5.74, 6) is 2.32. The molecule has 0 aliphatic rings. The van der Waals surface area contributed by atoms with Crippen molar-refractivity contribution in [3.05, 3.63) is 77.6 Å². The molecule has 0 saturated carbocycles. The van der Waals surface area contributed by atoms with E-state index in [-0.39, 0.29) is 17.7 Å². The summed E-state index contributed by atoms with van der Waals surface area (Å²) in [6.07, 6.45) is 1.69. The zero-order valence-corrected chi connectivity index (χ0v) is 22.4. The molecule has 8 heteroatoms. The summed E-state index contributed by atoms with van der Waals surface area (Å²) in [6.45, 7) is 6.05. The smallest absolute Gasteiger partial charge is 0.287 e. The number of aryl methyl sites for hydroxylation is 1. The van der Waals surface area contributed by atoms with Gasteiger partial charge in [0.15, 0.2) is 5.76 Å². The Morgan fingerprint density at radius 3 is 2.28 bits per heavy atom. The van der Waals surface area contributed by atoms with Gasteiger partial charge in [-0.3, -0.25) is 9.79 Å². The molecule has 0 aliphatic heterocycles. The molecule has 0 saturated heterocycles. The van der Waals surface area contributed by atoms with Crippen LogP contribution in [0.2, 0.25) is 0 Å². The lowest BCUT2D eigenvalue weighted by Crippen LogP contribution is -2.27. The highest BCUT2D eigenvalue weighted by Crippen LogP contribution is 2.23. The number of nitrogens with zero attached hydrogens (tertiary/aromatic N) is 2. The molecular formula is C28H34Cl2N4O2. The highest BCUT2D eigenvalue weighted by Gasteiger charge is 2.12. The van der Waals surface area contributed by atoms with Crippen LogP contribution in [0.25, 0.3) is 11.3 Å². The van der Waals surface area contributed by atoms with Gasteiger partial charge in [-0.05, 0) is 56.5 Å². The van der Waals surface area contributed by atoms with Crippen LogP contribution in [0.3, 0.4) is 0 Å². The van der Waals surface area contributed by atoms with Gasteiger partial charge in [-0.2, -0.15) is 0 Å².